The van der Waals surface area contributed by atoms with Crippen molar-refractivity contribution < 1.29 is 19.1 Å². The topological polar surface area (TPSA) is 80.2 Å². The largest absolute Gasteiger partial charge is 0.463 e. The van der Waals surface area contributed by atoms with Crippen molar-refractivity contribution >= 4 is 41.0 Å². The molecule has 0 aromatic carbocycles. The van der Waals surface area contributed by atoms with Gasteiger partial charge in [-0.05, 0) is 64.2 Å². The van der Waals surface area contributed by atoms with Crippen LogP contribution in [0.15, 0.2) is 51.7 Å². The second kappa shape index (κ2) is 12.6. The molecule has 1 aliphatic heterocycles. The number of ether oxygens (including phenoxy) is 2. The van der Waals surface area contributed by atoms with Crippen molar-refractivity contribution in [2.75, 3.05) is 19.7 Å². The van der Waals surface area contributed by atoms with Gasteiger partial charge < -0.3 is 14.8 Å². The molecule has 3 rings (SSSR count). The van der Waals surface area contributed by atoms with Gasteiger partial charge in [0, 0.05) is 16.8 Å². The van der Waals surface area contributed by atoms with Gasteiger partial charge in [0.25, 0.3) is 0 Å². The Kier molecular flexibility index (Phi) is 9.80. The number of hydrogen-bond donors (Lipinski definition) is 1. The van der Waals surface area contributed by atoms with Gasteiger partial charge in [-0.2, -0.15) is 0 Å². The highest BCUT2D eigenvalue weighted by Crippen LogP contribution is 2.27. The minimum absolute atomic E-state index is 0.0421. The fraction of sp³-hybridized carbons (Fsp3) is 0.560. The first-order valence-corrected chi connectivity index (χ1v) is 12.6. The first-order valence-electron chi connectivity index (χ1n) is 11.8. The molecule has 0 radical (unpaired) electrons. The third-order valence-electron chi connectivity index (χ3n) is 5.71. The zero-order valence-electron chi connectivity index (χ0n) is 19.9. The Labute approximate surface area is 211 Å². The highest BCUT2D eigenvalue weighted by Gasteiger charge is 2.33. The van der Waals surface area contributed by atoms with Crippen molar-refractivity contribution in [3.05, 3.63) is 46.7 Å². The molecule has 3 atom stereocenters. The van der Waals surface area contributed by atoms with E-state index >= 15 is 0 Å². The second-order valence-electron chi connectivity index (χ2n) is 8.77. The lowest BCUT2D eigenvalue weighted by Crippen LogP contribution is -2.52. The van der Waals surface area contributed by atoms with E-state index in [-0.39, 0.29) is 36.6 Å². The molecule has 186 valence electrons. The van der Waals surface area contributed by atoms with Gasteiger partial charge in [0.05, 0.1) is 43.2 Å². The van der Waals surface area contributed by atoms with Crippen molar-refractivity contribution in [3.63, 3.8) is 0 Å². The summed E-state index contributed by atoms with van der Waals surface area (Å²) in [6, 6.07) is 0. The van der Waals surface area contributed by atoms with Crippen LogP contribution < -0.4 is 5.32 Å². The number of aliphatic imine (C=N–C) groups is 1. The van der Waals surface area contributed by atoms with E-state index in [1.165, 1.54) is 6.08 Å². The first kappa shape index (κ1) is 26.5. The Morgan fingerprint density at radius 1 is 1.32 bits per heavy atom. The monoisotopic (exact) mass is 509 g/mol. The van der Waals surface area contributed by atoms with Gasteiger partial charge in [-0.15, -0.1) is 11.6 Å². The number of guanidine groups is 1. The average Bonchev–Trinajstić information content (AvgIpc) is 2.79. The standard InChI is InChI=1S/C25H33Cl2N3O4/c1-4-33-23(31)12-7-18-14-28-25(29-20-10-11-22(21(27)13-20)34-16(2)3)30(24(18)32)15-17-5-8-19(26)9-6-17/h5,7-8,12-13,16,18,21-22H,4,6,9-11,14-15H2,1-3H3,(H,28,29)/b12-7+. The number of amides is 1. The Balaban J connectivity index is 1.77. The molecular formula is C25H33Cl2N3O4. The number of carbonyl (C=O) groups excluding carboxylic acids is 2. The zero-order chi connectivity index (χ0) is 24.7. The van der Waals surface area contributed by atoms with Gasteiger partial charge in [-0.3, -0.25) is 14.7 Å². The molecule has 9 heteroatoms. The summed E-state index contributed by atoms with van der Waals surface area (Å²) in [5.41, 5.74) is 2.00. The maximum absolute atomic E-state index is 13.4. The molecule has 0 fully saturated rings. The summed E-state index contributed by atoms with van der Waals surface area (Å²) in [7, 11) is 0. The lowest BCUT2D eigenvalue weighted by atomic mass is 10.00. The van der Waals surface area contributed by atoms with Gasteiger partial charge in [-0.1, -0.05) is 23.8 Å². The van der Waals surface area contributed by atoms with Crippen LogP contribution in [0.5, 0.6) is 0 Å². The summed E-state index contributed by atoms with van der Waals surface area (Å²) < 4.78 is 10.8. The van der Waals surface area contributed by atoms with Crippen LogP contribution in [0.25, 0.3) is 0 Å². The lowest BCUT2D eigenvalue weighted by molar-refractivity contribution is -0.137. The molecule has 7 nitrogen and oxygen atoms in total. The number of hydrogen-bond acceptors (Lipinski definition) is 6. The highest BCUT2D eigenvalue weighted by molar-refractivity contribution is 6.29. The number of rotatable bonds is 8. The molecule has 3 unspecified atom stereocenters. The number of halogens is 2. The number of nitrogens with one attached hydrogen (secondary N) is 1. The number of esters is 1. The fourth-order valence-corrected chi connectivity index (χ4v) is 4.51. The van der Waals surface area contributed by atoms with Crippen LogP contribution in [0.4, 0.5) is 0 Å². The summed E-state index contributed by atoms with van der Waals surface area (Å²) in [5, 5.41) is 3.88. The maximum Gasteiger partial charge on any atom is 0.330 e. The zero-order valence-corrected chi connectivity index (χ0v) is 21.4. The molecule has 0 saturated heterocycles. The maximum atomic E-state index is 13.4. The van der Waals surface area contributed by atoms with Gasteiger partial charge in [0.1, 0.15) is 0 Å². The SMILES string of the molecule is CCOC(=O)/C=C/C1CN=C(NC2=CC(Cl)C(OC(C)C)CC2)N(CC2=CC=C(Cl)CC2)C1=O. The summed E-state index contributed by atoms with van der Waals surface area (Å²) in [4.78, 5) is 31.4. The van der Waals surface area contributed by atoms with Crippen LogP contribution >= 0.6 is 23.2 Å². The van der Waals surface area contributed by atoms with Crippen molar-refractivity contribution in [2.24, 2.45) is 10.9 Å². The van der Waals surface area contributed by atoms with Crippen molar-refractivity contribution in [1.82, 2.24) is 10.2 Å². The van der Waals surface area contributed by atoms with E-state index in [0.717, 1.165) is 42.0 Å². The van der Waals surface area contributed by atoms with E-state index in [0.29, 0.717) is 12.5 Å². The number of nitrogens with zero attached hydrogens (tertiary/aromatic N) is 2. The number of alkyl halides is 1. The highest BCUT2D eigenvalue weighted by atomic mass is 35.5. The summed E-state index contributed by atoms with van der Waals surface area (Å²) in [6.07, 6.45) is 11.8. The minimum atomic E-state index is -0.539. The normalized spacial score (nSPS) is 25.6. The molecule has 1 amide bonds. The quantitative estimate of drug-likeness (QED) is 0.297. The van der Waals surface area contributed by atoms with Crippen LogP contribution in [0, 0.1) is 5.92 Å². The summed E-state index contributed by atoms with van der Waals surface area (Å²) in [5.74, 6) is -0.642. The smallest absolute Gasteiger partial charge is 0.330 e. The van der Waals surface area contributed by atoms with E-state index < -0.39 is 11.9 Å². The third-order valence-corrected chi connectivity index (χ3v) is 6.43. The Bertz CT molecular complexity index is 923. The second-order valence-corrected chi connectivity index (χ2v) is 9.76. The van der Waals surface area contributed by atoms with Crippen LogP contribution in [-0.4, -0.2) is 60.0 Å². The van der Waals surface area contributed by atoms with E-state index in [1.807, 2.05) is 32.1 Å². The van der Waals surface area contributed by atoms with Gasteiger partial charge >= 0.3 is 5.97 Å². The fourth-order valence-electron chi connectivity index (χ4n) is 4.01. The molecule has 1 heterocycles. The van der Waals surface area contributed by atoms with E-state index in [2.05, 4.69) is 10.3 Å². The van der Waals surface area contributed by atoms with E-state index in [4.69, 9.17) is 32.7 Å². The van der Waals surface area contributed by atoms with Crippen LogP contribution in [-0.2, 0) is 19.1 Å². The molecule has 0 saturated carbocycles. The van der Waals surface area contributed by atoms with Crippen LogP contribution in [0.1, 0.15) is 46.5 Å². The predicted molar refractivity (Wildman–Crippen MR) is 135 cm³/mol. The number of allylic oxidation sites excluding steroid dienone is 4. The van der Waals surface area contributed by atoms with Crippen molar-refractivity contribution in [1.29, 1.82) is 0 Å². The molecule has 0 aromatic heterocycles. The van der Waals surface area contributed by atoms with Crippen molar-refractivity contribution in [3.8, 4) is 0 Å². The molecule has 2 aliphatic carbocycles. The lowest BCUT2D eigenvalue weighted by Gasteiger charge is -2.34. The Hall–Kier alpha value is -2.09. The van der Waals surface area contributed by atoms with Gasteiger partial charge in [-0.25, -0.2) is 4.79 Å². The van der Waals surface area contributed by atoms with E-state index in [9.17, 15) is 9.59 Å². The van der Waals surface area contributed by atoms with Gasteiger partial charge in [0.15, 0.2) is 0 Å². The third kappa shape index (κ3) is 7.45. The molecule has 1 N–H and O–H groups in total. The Morgan fingerprint density at radius 2 is 2.12 bits per heavy atom. The molecule has 34 heavy (non-hydrogen) atoms. The minimum Gasteiger partial charge on any atom is -0.463 e. The van der Waals surface area contributed by atoms with Crippen molar-refractivity contribution in [2.45, 2.75) is 64.0 Å². The van der Waals surface area contributed by atoms with Gasteiger partial charge in [0.2, 0.25) is 11.9 Å². The molecule has 3 aliphatic rings. The molecule has 0 spiro atoms. The summed E-state index contributed by atoms with van der Waals surface area (Å²) in [6.45, 7) is 6.65. The molecule has 0 bridgehead atoms. The van der Waals surface area contributed by atoms with Crippen LogP contribution in [0.3, 0.4) is 0 Å². The molecular weight excluding hydrogens is 477 g/mol. The van der Waals surface area contributed by atoms with E-state index in [1.54, 1.807) is 17.9 Å². The first-order chi connectivity index (χ1) is 16.3. The van der Waals surface area contributed by atoms with Crippen LogP contribution in [0.2, 0.25) is 0 Å². The number of carbonyl (C=O) groups is 2. The molecule has 0 aromatic rings. The Morgan fingerprint density at radius 3 is 2.76 bits per heavy atom. The average molecular weight is 510 g/mol. The summed E-state index contributed by atoms with van der Waals surface area (Å²) >= 11 is 12.7. The predicted octanol–water partition coefficient (Wildman–Crippen LogP) is 4.43.